The van der Waals surface area contributed by atoms with Crippen molar-refractivity contribution >= 4 is 10.2 Å². The fraction of sp³-hybridized carbons (Fsp3) is 1.00. The average Bonchev–Trinajstić information content (AvgIpc) is 2.69. The molecule has 6 heteroatoms. The van der Waals surface area contributed by atoms with Crippen LogP contribution in [0.15, 0.2) is 0 Å². The van der Waals surface area contributed by atoms with Crippen LogP contribution in [0.4, 0.5) is 0 Å². The molecule has 0 aliphatic carbocycles. The van der Waals surface area contributed by atoms with E-state index in [1.54, 1.807) is 7.05 Å². The van der Waals surface area contributed by atoms with E-state index in [2.05, 4.69) is 10.0 Å². The molecule has 5 nitrogen and oxygen atoms in total. The molecule has 1 saturated heterocycles. The summed E-state index contributed by atoms with van der Waals surface area (Å²) in [5, 5.41) is 3.35. The summed E-state index contributed by atoms with van der Waals surface area (Å²) < 4.78 is 27.5. The Morgan fingerprint density at radius 3 is 2.69 bits per heavy atom. The van der Waals surface area contributed by atoms with Gasteiger partial charge in [-0.1, -0.05) is 0 Å². The molecule has 0 saturated carbocycles. The van der Waals surface area contributed by atoms with Crippen LogP contribution in [0.2, 0.25) is 0 Å². The SMILES string of the molecule is CC(C)N(C)S(=O)(=O)NCC[C@H]1CCCN1. The largest absolute Gasteiger partial charge is 0.314 e. The van der Waals surface area contributed by atoms with Gasteiger partial charge in [-0.3, -0.25) is 0 Å². The summed E-state index contributed by atoms with van der Waals surface area (Å²) in [5.41, 5.74) is 0. The molecule has 0 aromatic heterocycles. The first-order chi connectivity index (χ1) is 7.43. The number of nitrogens with one attached hydrogen (secondary N) is 2. The van der Waals surface area contributed by atoms with E-state index in [-0.39, 0.29) is 6.04 Å². The van der Waals surface area contributed by atoms with Gasteiger partial charge in [0.25, 0.3) is 10.2 Å². The minimum atomic E-state index is -3.30. The molecule has 1 aliphatic rings. The second-order valence-corrected chi connectivity index (χ2v) is 6.41. The van der Waals surface area contributed by atoms with Crippen molar-refractivity contribution in [1.29, 1.82) is 0 Å². The van der Waals surface area contributed by atoms with Gasteiger partial charge in [0.1, 0.15) is 0 Å². The van der Waals surface area contributed by atoms with Gasteiger partial charge in [0.15, 0.2) is 0 Å². The van der Waals surface area contributed by atoms with E-state index >= 15 is 0 Å². The molecule has 2 N–H and O–H groups in total. The van der Waals surface area contributed by atoms with Gasteiger partial charge < -0.3 is 5.32 Å². The standard InChI is InChI=1S/C10H23N3O2S/c1-9(2)13(3)16(14,15)12-8-6-10-5-4-7-11-10/h9-12H,4-8H2,1-3H3/t10-/m1/s1. The van der Waals surface area contributed by atoms with Crippen LogP contribution in [0, 0.1) is 0 Å². The van der Waals surface area contributed by atoms with Gasteiger partial charge in [0.2, 0.25) is 0 Å². The lowest BCUT2D eigenvalue weighted by Crippen LogP contribution is -2.43. The van der Waals surface area contributed by atoms with Crippen LogP contribution >= 0.6 is 0 Å². The summed E-state index contributed by atoms with van der Waals surface area (Å²) in [6, 6.07) is 0.467. The van der Waals surface area contributed by atoms with Crippen LogP contribution in [0.5, 0.6) is 0 Å². The molecule has 96 valence electrons. The highest BCUT2D eigenvalue weighted by molar-refractivity contribution is 7.87. The first-order valence-electron chi connectivity index (χ1n) is 5.89. The Morgan fingerprint density at radius 2 is 2.19 bits per heavy atom. The van der Waals surface area contributed by atoms with Gasteiger partial charge in [0.05, 0.1) is 0 Å². The second kappa shape index (κ2) is 5.95. The molecule has 1 heterocycles. The fourth-order valence-corrected chi connectivity index (χ4v) is 2.88. The second-order valence-electron chi connectivity index (χ2n) is 4.59. The van der Waals surface area contributed by atoms with Crippen LogP contribution in [0.1, 0.15) is 33.1 Å². The van der Waals surface area contributed by atoms with E-state index in [1.807, 2.05) is 13.8 Å². The zero-order valence-corrected chi connectivity index (χ0v) is 11.2. The van der Waals surface area contributed by atoms with E-state index in [4.69, 9.17) is 0 Å². The monoisotopic (exact) mass is 249 g/mol. The number of hydrogen-bond acceptors (Lipinski definition) is 3. The van der Waals surface area contributed by atoms with Crippen LogP contribution in [-0.4, -0.2) is 44.9 Å². The molecular weight excluding hydrogens is 226 g/mol. The van der Waals surface area contributed by atoms with E-state index in [9.17, 15) is 8.42 Å². The molecule has 1 fully saturated rings. The smallest absolute Gasteiger partial charge is 0.279 e. The molecular formula is C10H23N3O2S. The van der Waals surface area contributed by atoms with Crippen LogP contribution in [-0.2, 0) is 10.2 Å². The number of nitrogens with zero attached hydrogens (tertiary/aromatic N) is 1. The molecule has 0 amide bonds. The predicted molar refractivity (Wildman–Crippen MR) is 65.5 cm³/mol. The Kier molecular flexibility index (Phi) is 5.17. The Balaban J connectivity index is 2.30. The highest BCUT2D eigenvalue weighted by Crippen LogP contribution is 2.08. The van der Waals surface area contributed by atoms with Gasteiger partial charge in [-0.25, -0.2) is 4.72 Å². The number of rotatable bonds is 6. The summed E-state index contributed by atoms with van der Waals surface area (Å²) in [6.45, 7) is 5.29. The highest BCUT2D eigenvalue weighted by atomic mass is 32.2. The van der Waals surface area contributed by atoms with Crippen molar-refractivity contribution < 1.29 is 8.42 Å². The topological polar surface area (TPSA) is 61.4 Å². The maximum absolute atomic E-state index is 11.7. The lowest BCUT2D eigenvalue weighted by atomic mass is 10.2. The van der Waals surface area contributed by atoms with Crippen LogP contribution in [0.25, 0.3) is 0 Å². The lowest BCUT2D eigenvalue weighted by molar-refractivity contribution is 0.400. The minimum Gasteiger partial charge on any atom is -0.314 e. The van der Waals surface area contributed by atoms with Crippen molar-refractivity contribution in [2.75, 3.05) is 20.1 Å². The molecule has 0 spiro atoms. The van der Waals surface area contributed by atoms with Crippen LogP contribution in [0.3, 0.4) is 0 Å². The Bertz CT molecular complexity index is 297. The molecule has 16 heavy (non-hydrogen) atoms. The van der Waals surface area contributed by atoms with Gasteiger partial charge in [-0.15, -0.1) is 0 Å². The highest BCUT2D eigenvalue weighted by Gasteiger charge is 2.20. The molecule has 1 atom stereocenters. The molecule has 1 aliphatic heterocycles. The zero-order valence-electron chi connectivity index (χ0n) is 10.4. The Labute approximate surface area is 98.8 Å². The van der Waals surface area contributed by atoms with Gasteiger partial charge in [-0.2, -0.15) is 12.7 Å². The van der Waals surface area contributed by atoms with Crippen LogP contribution < -0.4 is 10.0 Å². The summed E-state index contributed by atoms with van der Waals surface area (Å²) in [5.74, 6) is 0. The predicted octanol–water partition coefficient (Wildman–Crippen LogP) is 0.303. The van der Waals surface area contributed by atoms with Crippen molar-refractivity contribution in [3.63, 3.8) is 0 Å². The van der Waals surface area contributed by atoms with Crippen molar-refractivity contribution in [3.05, 3.63) is 0 Å². The third-order valence-corrected chi connectivity index (χ3v) is 4.79. The first kappa shape index (κ1) is 13.9. The Hall–Kier alpha value is -0.170. The summed E-state index contributed by atoms with van der Waals surface area (Å²) in [7, 11) is -1.70. The van der Waals surface area contributed by atoms with E-state index in [0.29, 0.717) is 12.6 Å². The molecule has 1 rings (SSSR count). The summed E-state index contributed by atoms with van der Waals surface area (Å²) in [4.78, 5) is 0. The zero-order chi connectivity index (χ0) is 12.2. The van der Waals surface area contributed by atoms with E-state index in [0.717, 1.165) is 19.4 Å². The fourth-order valence-electron chi connectivity index (χ4n) is 1.74. The third kappa shape index (κ3) is 4.01. The van der Waals surface area contributed by atoms with E-state index in [1.165, 1.54) is 10.7 Å². The molecule has 0 aromatic rings. The van der Waals surface area contributed by atoms with Crippen molar-refractivity contribution in [3.8, 4) is 0 Å². The van der Waals surface area contributed by atoms with Crippen molar-refractivity contribution in [2.24, 2.45) is 0 Å². The summed E-state index contributed by atoms with van der Waals surface area (Å²) in [6.07, 6.45) is 3.22. The third-order valence-electron chi connectivity index (χ3n) is 3.05. The van der Waals surface area contributed by atoms with Gasteiger partial charge in [0, 0.05) is 25.7 Å². The quantitative estimate of drug-likeness (QED) is 0.712. The minimum absolute atomic E-state index is 0.0119. The normalized spacial score (nSPS) is 22.2. The first-order valence-corrected chi connectivity index (χ1v) is 7.33. The summed E-state index contributed by atoms with van der Waals surface area (Å²) >= 11 is 0. The molecule has 0 aromatic carbocycles. The van der Waals surface area contributed by atoms with Gasteiger partial charge >= 0.3 is 0 Å². The maximum atomic E-state index is 11.7. The van der Waals surface area contributed by atoms with Crippen molar-refractivity contribution in [2.45, 2.75) is 45.2 Å². The lowest BCUT2D eigenvalue weighted by Gasteiger charge is -2.21. The average molecular weight is 249 g/mol. The molecule has 0 unspecified atom stereocenters. The maximum Gasteiger partial charge on any atom is 0.279 e. The molecule has 0 bridgehead atoms. The van der Waals surface area contributed by atoms with Gasteiger partial charge in [-0.05, 0) is 39.7 Å². The molecule has 0 radical (unpaired) electrons. The Morgan fingerprint density at radius 1 is 1.50 bits per heavy atom. The number of hydrogen-bond donors (Lipinski definition) is 2. The van der Waals surface area contributed by atoms with Crippen molar-refractivity contribution in [1.82, 2.24) is 14.3 Å². The van der Waals surface area contributed by atoms with E-state index < -0.39 is 10.2 Å².